The van der Waals surface area contributed by atoms with Gasteiger partial charge >= 0.3 is 6.09 Å². The fourth-order valence-electron chi connectivity index (χ4n) is 2.31. The molecule has 1 amide bonds. The summed E-state index contributed by atoms with van der Waals surface area (Å²) in [6.45, 7) is 13.6. The lowest BCUT2D eigenvalue weighted by Gasteiger charge is -2.27. The third-order valence-electron chi connectivity index (χ3n) is 3.97. The Labute approximate surface area is 141 Å². The highest BCUT2D eigenvalue weighted by atomic mass is 16.6. The maximum absolute atomic E-state index is 12.0. The Kier molecular flexibility index (Phi) is 7.56. The minimum absolute atomic E-state index is 0.0545. The Balaban J connectivity index is 2.55. The molecule has 0 fully saturated rings. The van der Waals surface area contributed by atoms with Crippen LogP contribution in [0.1, 0.15) is 52.2 Å². The Morgan fingerprint density at radius 1 is 1.26 bits per heavy atom. The second-order valence-corrected chi connectivity index (χ2v) is 7.20. The molecule has 0 aliphatic rings. The molecule has 0 bridgehead atoms. The summed E-state index contributed by atoms with van der Waals surface area (Å²) in [6.07, 6.45) is 0.660. The lowest BCUT2D eigenvalue weighted by molar-refractivity contribution is 0.0487. The van der Waals surface area contributed by atoms with Crippen molar-refractivity contribution in [1.82, 2.24) is 10.6 Å². The predicted molar refractivity (Wildman–Crippen MR) is 95.5 cm³/mol. The highest BCUT2D eigenvalue weighted by Gasteiger charge is 2.22. The van der Waals surface area contributed by atoms with Crippen molar-refractivity contribution < 1.29 is 9.53 Å². The first-order valence-corrected chi connectivity index (χ1v) is 8.47. The molecular formula is C19H32N2O2. The average Bonchev–Trinajstić information content (AvgIpc) is 2.45. The van der Waals surface area contributed by atoms with Crippen molar-refractivity contribution in [3.05, 3.63) is 35.4 Å². The van der Waals surface area contributed by atoms with Gasteiger partial charge in [0.05, 0.1) is 0 Å². The summed E-state index contributed by atoms with van der Waals surface area (Å²) in [5.41, 5.74) is 2.09. The maximum Gasteiger partial charge on any atom is 0.407 e. The number of aryl methyl sites for hydroxylation is 1. The smallest absolute Gasteiger partial charge is 0.407 e. The number of amides is 1. The lowest BCUT2D eigenvalue weighted by Crippen LogP contribution is -2.47. The van der Waals surface area contributed by atoms with E-state index in [2.05, 4.69) is 49.6 Å². The van der Waals surface area contributed by atoms with Gasteiger partial charge in [0.15, 0.2) is 0 Å². The quantitative estimate of drug-likeness (QED) is 0.797. The summed E-state index contributed by atoms with van der Waals surface area (Å²) in [5, 5.41) is 6.46. The SMILES string of the molecule is CC[C@H](C)[C@@H](CNCc1ccccc1C)NC(=O)OC(C)(C)C. The molecule has 4 nitrogen and oxygen atoms in total. The van der Waals surface area contributed by atoms with Gasteiger partial charge in [0.1, 0.15) is 5.60 Å². The van der Waals surface area contributed by atoms with Crippen LogP contribution in [0, 0.1) is 12.8 Å². The normalized spacial score (nSPS) is 14.2. The zero-order valence-electron chi connectivity index (χ0n) is 15.4. The summed E-state index contributed by atoms with van der Waals surface area (Å²) < 4.78 is 5.37. The van der Waals surface area contributed by atoms with Crippen molar-refractivity contribution in [3.63, 3.8) is 0 Å². The van der Waals surface area contributed by atoms with Gasteiger partial charge in [-0.05, 0) is 44.7 Å². The van der Waals surface area contributed by atoms with Crippen LogP contribution >= 0.6 is 0 Å². The molecule has 1 aromatic carbocycles. The van der Waals surface area contributed by atoms with Gasteiger partial charge in [0, 0.05) is 19.1 Å². The fraction of sp³-hybridized carbons (Fsp3) is 0.632. The van der Waals surface area contributed by atoms with Crippen LogP contribution in [0.4, 0.5) is 4.79 Å². The van der Waals surface area contributed by atoms with E-state index in [9.17, 15) is 4.79 Å². The monoisotopic (exact) mass is 320 g/mol. The van der Waals surface area contributed by atoms with Crippen LogP contribution in [0.3, 0.4) is 0 Å². The number of nitrogens with one attached hydrogen (secondary N) is 2. The van der Waals surface area contributed by atoms with Crippen LogP contribution in [0.25, 0.3) is 0 Å². The first-order chi connectivity index (χ1) is 10.7. The molecule has 2 N–H and O–H groups in total. The maximum atomic E-state index is 12.0. The second-order valence-electron chi connectivity index (χ2n) is 7.20. The number of carbonyl (C=O) groups excluding carboxylic acids is 1. The molecule has 0 saturated carbocycles. The molecule has 0 spiro atoms. The zero-order valence-corrected chi connectivity index (χ0v) is 15.4. The van der Waals surface area contributed by atoms with E-state index in [0.717, 1.165) is 19.5 Å². The standard InChI is InChI=1S/C19H32N2O2/c1-7-14(2)17(21-18(22)23-19(4,5)6)13-20-12-16-11-9-8-10-15(16)3/h8-11,14,17,20H,7,12-13H2,1-6H3,(H,21,22)/t14-,17+/m0/s1. The van der Waals surface area contributed by atoms with Gasteiger partial charge in [0.25, 0.3) is 0 Å². The summed E-state index contributed by atoms with van der Waals surface area (Å²) >= 11 is 0. The van der Waals surface area contributed by atoms with Crippen LogP contribution in [0.5, 0.6) is 0 Å². The van der Waals surface area contributed by atoms with E-state index in [1.807, 2.05) is 26.8 Å². The first kappa shape index (κ1) is 19.5. The van der Waals surface area contributed by atoms with Gasteiger partial charge in [-0.25, -0.2) is 4.79 Å². The number of carbonyl (C=O) groups is 1. The van der Waals surface area contributed by atoms with Crippen molar-refractivity contribution >= 4 is 6.09 Å². The van der Waals surface area contributed by atoms with Crippen LogP contribution in [0.15, 0.2) is 24.3 Å². The number of benzene rings is 1. The fourth-order valence-corrected chi connectivity index (χ4v) is 2.31. The van der Waals surface area contributed by atoms with Crippen molar-refractivity contribution in [2.45, 2.75) is 66.2 Å². The molecule has 0 saturated heterocycles. The van der Waals surface area contributed by atoms with E-state index in [0.29, 0.717) is 5.92 Å². The molecule has 0 aromatic heterocycles. The molecule has 4 heteroatoms. The second kappa shape index (κ2) is 8.92. The summed E-state index contributed by atoms with van der Waals surface area (Å²) in [6, 6.07) is 8.39. The Hall–Kier alpha value is -1.55. The summed E-state index contributed by atoms with van der Waals surface area (Å²) in [5.74, 6) is 0.381. The molecule has 0 unspecified atom stereocenters. The highest BCUT2D eigenvalue weighted by molar-refractivity contribution is 5.68. The third-order valence-corrected chi connectivity index (χ3v) is 3.97. The van der Waals surface area contributed by atoms with Gasteiger partial charge in [-0.1, -0.05) is 44.5 Å². The first-order valence-electron chi connectivity index (χ1n) is 8.47. The molecule has 2 atom stereocenters. The minimum Gasteiger partial charge on any atom is -0.444 e. The predicted octanol–water partition coefficient (Wildman–Crippen LogP) is 4.02. The Bertz CT molecular complexity index is 494. The van der Waals surface area contributed by atoms with Crippen LogP contribution in [0.2, 0.25) is 0 Å². The van der Waals surface area contributed by atoms with Gasteiger partial charge in [-0.3, -0.25) is 0 Å². The van der Waals surface area contributed by atoms with Gasteiger partial charge < -0.3 is 15.4 Å². The van der Waals surface area contributed by atoms with Crippen molar-refractivity contribution in [2.75, 3.05) is 6.54 Å². The molecule has 1 aromatic rings. The molecular weight excluding hydrogens is 288 g/mol. The van der Waals surface area contributed by atoms with Crippen molar-refractivity contribution in [2.24, 2.45) is 5.92 Å². The van der Waals surface area contributed by atoms with Gasteiger partial charge in [-0.2, -0.15) is 0 Å². The van der Waals surface area contributed by atoms with E-state index in [-0.39, 0.29) is 12.1 Å². The largest absolute Gasteiger partial charge is 0.444 e. The molecule has 0 aliphatic carbocycles. The van der Waals surface area contributed by atoms with Crippen LogP contribution < -0.4 is 10.6 Å². The highest BCUT2D eigenvalue weighted by Crippen LogP contribution is 2.11. The van der Waals surface area contributed by atoms with Crippen molar-refractivity contribution in [1.29, 1.82) is 0 Å². The van der Waals surface area contributed by atoms with Crippen LogP contribution in [-0.4, -0.2) is 24.3 Å². The number of rotatable bonds is 7. The lowest BCUT2D eigenvalue weighted by atomic mass is 9.99. The molecule has 23 heavy (non-hydrogen) atoms. The average molecular weight is 320 g/mol. The van der Waals surface area contributed by atoms with E-state index < -0.39 is 5.60 Å². The third kappa shape index (κ3) is 7.51. The molecule has 130 valence electrons. The summed E-state index contributed by atoms with van der Waals surface area (Å²) in [4.78, 5) is 12.0. The number of alkyl carbamates (subject to hydrolysis) is 1. The molecule has 0 heterocycles. The number of ether oxygens (including phenoxy) is 1. The van der Waals surface area contributed by atoms with E-state index >= 15 is 0 Å². The zero-order chi connectivity index (χ0) is 17.5. The van der Waals surface area contributed by atoms with E-state index in [1.54, 1.807) is 0 Å². The molecule has 0 aliphatic heterocycles. The minimum atomic E-state index is -0.474. The van der Waals surface area contributed by atoms with E-state index in [4.69, 9.17) is 4.74 Å². The molecule has 1 rings (SSSR count). The number of hydrogen-bond acceptors (Lipinski definition) is 3. The number of hydrogen-bond donors (Lipinski definition) is 2. The topological polar surface area (TPSA) is 50.4 Å². The molecule has 0 radical (unpaired) electrons. The van der Waals surface area contributed by atoms with Crippen LogP contribution in [-0.2, 0) is 11.3 Å². The Morgan fingerprint density at radius 3 is 2.48 bits per heavy atom. The summed E-state index contributed by atoms with van der Waals surface area (Å²) in [7, 11) is 0. The Morgan fingerprint density at radius 2 is 1.91 bits per heavy atom. The van der Waals surface area contributed by atoms with Gasteiger partial charge in [0.2, 0.25) is 0 Å². The van der Waals surface area contributed by atoms with Gasteiger partial charge in [-0.15, -0.1) is 0 Å². The van der Waals surface area contributed by atoms with E-state index in [1.165, 1.54) is 11.1 Å². The van der Waals surface area contributed by atoms with Crippen molar-refractivity contribution in [3.8, 4) is 0 Å².